The van der Waals surface area contributed by atoms with Crippen molar-refractivity contribution in [3.05, 3.63) is 0 Å². The van der Waals surface area contributed by atoms with E-state index < -0.39 is 0 Å². The number of terminal acetylenes is 1. The second kappa shape index (κ2) is 3.03. The summed E-state index contributed by atoms with van der Waals surface area (Å²) in [7, 11) is 0. The van der Waals surface area contributed by atoms with Crippen molar-refractivity contribution in [3.8, 4) is 12.3 Å². The summed E-state index contributed by atoms with van der Waals surface area (Å²) in [6.07, 6.45) is 5.53. The zero-order chi connectivity index (χ0) is 10.3. The Morgan fingerprint density at radius 3 is 2.00 bits per heavy atom. The SMILES string of the molecule is C#CC(NCC)C1C(C)(C)C1(C)C. The van der Waals surface area contributed by atoms with Gasteiger partial charge in [-0.3, -0.25) is 0 Å². The van der Waals surface area contributed by atoms with Crippen LogP contribution in [0.25, 0.3) is 0 Å². The van der Waals surface area contributed by atoms with Crippen LogP contribution in [0.3, 0.4) is 0 Å². The van der Waals surface area contributed by atoms with Crippen LogP contribution < -0.4 is 5.32 Å². The van der Waals surface area contributed by atoms with Gasteiger partial charge in [-0.05, 0) is 23.3 Å². The lowest BCUT2D eigenvalue weighted by atomic mass is 10.0. The minimum atomic E-state index is 0.245. The van der Waals surface area contributed by atoms with Crippen molar-refractivity contribution in [1.82, 2.24) is 5.32 Å². The largest absolute Gasteiger partial charge is 0.304 e. The fourth-order valence-electron chi connectivity index (χ4n) is 2.57. The zero-order valence-corrected chi connectivity index (χ0v) is 9.44. The van der Waals surface area contributed by atoms with E-state index in [1.165, 1.54) is 0 Å². The number of rotatable bonds is 3. The first-order valence-electron chi connectivity index (χ1n) is 5.09. The maximum Gasteiger partial charge on any atom is 0.0726 e. The summed E-state index contributed by atoms with van der Waals surface area (Å²) in [6.45, 7) is 12.3. The molecule has 1 N–H and O–H groups in total. The Morgan fingerprint density at radius 2 is 1.77 bits per heavy atom. The Hall–Kier alpha value is -0.480. The van der Waals surface area contributed by atoms with E-state index in [1.54, 1.807) is 0 Å². The first kappa shape index (κ1) is 10.6. The van der Waals surface area contributed by atoms with Crippen LogP contribution >= 0.6 is 0 Å². The topological polar surface area (TPSA) is 12.0 Å². The molecule has 0 heterocycles. The lowest BCUT2D eigenvalue weighted by Gasteiger charge is -2.13. The Labute approximate surface area is 82.3 Å². The lowest BCUT2D eigenvalue weighted by molar-refractivity contribution is 0.457. The van der Waals surface area contributed by atoms with E-state index in [1.807, 2.05) is 0 Å². The summed E-state index contributed by atoms with van der Waals surface area (Å²) >= 11 is 0. The Kier molecular flexibility index (Phi) is 2.47. The van der Waals surface area contributed by atoms with E-state index in [0.717, 1.165) is 6.54 Å². The van der Waals surface area contributed by atoms with E-state index in [-0.39, 0.29) is 6.04 Å². The van der Waals surface area contributed by atoms with Crippen LogP contribution in [0.15, 0.2) is 0 Å². The van der Waals surface area contributed by atoms with Crippen molar-refractivity contribution in [1.29, 1.82) is 0 Å². The normalized spacial score (nSPS) is 26.5. The second-order valence-corrected chi connectivity index (χ2v) is 5.12. The molecule has 1 nitrogen and oxygen atoms in total. The minimum absolute atomic E-state index is 0.245. The highest BCUT2D eigenvalue weighted by Gasteiger charge is 2.66. The van der Waals surface area contributed by atoms with Gasteiger partial charge in [-0.25, -0.2) is 0 Å². The molecule has 13 heavy (non-hydrogen) atoms. The Balaban J connectivity index is 2.71. The van der Waals surface area contributed by atoms with Crippen LogP contribution in [0, 0.1) is 29.1 Å². The van der Waals surface area contributed by atoms with Crippen molar-refractivity contribution in [2.24, 2.45) is 16.7 Å². The van der Waals surface area contributed by atoms with Crippen LogP contribution in [0.4, 0.5) is 0 Å². The molecule has 0 bridgehead atoms. The second-order valence-electron chi connectivity index (χ2n) is 5.12. The molecule has 1 aliphatic rings. The molecular weight excluding hydrogens is 158 g/mol. The van der Waals surface area contributed by atoms with E-state index in [0.29, 0.717) is 16.7 Å². The van der Waals surface area contributed by atoms with Crippen LogP contribution in [0.2, 0.25) is 0 Å². The van der Waals surface area contributed by atoms with Gasteiger partial charge in [0.2, 0.25) is 0 Å². The van der Waals surface area contributed by atoms with Gasteiger partial charge in [0.25, 0.3) is 0 Å². The molecule has 1 unspecified atom stereocenters. The van der Waals surface area contributed by atoms with E-state index in [9.17, 15) is 0 Å². The molecule has 1 aliphatic carbocycles. The number of hydrogen-bond acceptors (Lipinski definition) is 1. The molecule has 1 atom stereocenters. The van der Waals surface area contributed by atoms with Gasteiger partial charge in [-0.2, -0.15) is 0 Å². The van der Waals surface area contributed by atoms with Crippen molar-refractivity contribution in [2.45, 2.75) is 40.7 Å². The highest BCUT2D eigenvalue weighted by atomic mass is 14.9. The monoisotopic (exact) mass is 179 g/mol. The summed E-state index contributed by atoms with van der Waals surface area (Å²) < 4.78 is 0. The van der Waals surface area contributed by atoms with Crippen molar-refractivity contribution in [2.75, 3.05) is 6.54 Å². The first-order chi connectivity index (χ1) is 5.89. The molecule has 0 aromatic rings. The standard InChI is InChI=1S/C12H21N/c1-7-9(13-8-2)10-11(3,4)12(10,5)6/h1,9-10,13H,8H2,2-6H3. The fraction of sp³-hybridized carbons (Fsp3) is 0.833. The third-order valence-corrected chi connectivity index (χ3v) is 4.07. The summed E-state index contributed by atoms with van der Waals surface area (Å²) in [6, 6.07) is 0.245. The third kappa shape index (κ3) is 1.38. The van der Waals surface area contributed by atoms with Gasteiger partial charge in [0.1, 0.15) is 0 Å². The smallest absolute Gasteiger partial charge is 0.0726 e. The predicted molar refractivity (Wildman–Crippen MR) is 57.3 cm³/mol. The van der Waals surface area contributed by atoms with Crippen LogP contribution in [0.5, 0.6) is 0 Å². The zero-order valence-electron chi connectivity index (χ0n) is 9.44. The third-order valence-electron chi connectivity index (χ3n) is 4.07. The van der Waals surface area contributed by atoms with Gasteiger partial charge in [0.05, 0.1) is 6.04 Å². The molecule has 0 radical (unpaired) electrons. The Morgan fingerprint density at radius 1 is 1.31 bits per heavy atom. The molecule has 1 rings (SSSR count). The van der Waals surface area contributed by atoms with Gasteiger partial charge < -0.3 is 5.32 Å². The summed E-state index contributed by atoms with van der Waals surface area (Å²) in [5.74, 6) is 3.48. The summed E-state index contributed by atoms with van der Waals surface area (Å²) in [5, 5.41) is 3.37. The van der Waals surface area contributed by atoms with Crippen molar-refractivity contribution in [3.63, 3.8) is 0 Å². The highest BCUT2D eigenvalue weighted by Crippen LogP contribution is 2.69. The van der Waals surface area contributed by atoms with E-state index in [4.69, 9.17) is 6.42 Å². The molecule has 1 heteroatoms. The molecule has 0 saturated heterocycles. The average Bonchev–Trinajstić information content (AvgIpc) is 2.40. The van der Waals surface area contributed by atoms with Gasteiger partial charge in [0.15, 0.2) is 0 Å². The molecular formula is C12H21N. The first-order valence-corrected chi connectivity index (χ1v) is 5.09. The molecule has 0 aromatic heterocycles. The average molecular weight is 179 g/mol. The van der Waals surface area contributed by atoms with E-state index in [2.05, 4.69) is 45.9 Å². The lowest BCUT2D eigenvalue weighted by Crippen LogP contribution is -2.31. The maximum atomic E-state index is 5.53. The molecule has 0 amide bonds. The molecule has 0 aromatic carbocycles. The number of hydrogen-bond donors (Lipinski definition) is 1. The van der Waals surface area contributed by atoms with Crippen molar-refractivity contribution < 1.29 is 0 Å². The predicted octanol–water partition coefficient (Wildman–Crippen LogP) is 2.28. The summed E-state index contributed by atoms with van der Waals surface area (Å²) in [4.78, 5) is 0. The quantitative estimate of drug-likeness (QED) is 0.655. The van der Waals surface area contributed by atoms with Gasteiger partial charge in [0, 0.05) is 0 Å². The molecule has 0 aliphatic heterocycles. The van der Waals surface area contributed by atoms with Gasteiger partial charge >= 0.3 is 0 Å². The Bertz CT molecular complexity index is 218. The van der Waals surface area contributed by atoms with Crippen LogP contribution in [-0.4, -0.2) is 12.6 Å². The van der Waals surface area contributed by atoms with Crippen LogP contribution in [0.1, 0.15) is 34.6 Å². The highest BCUT2D eigenvalue weighted by molar-refractivity contribution is 5.22. The van der Waals surface area contributed by atoms with E-state index >= 15 is 0 Å². The molecule has 1 fully saturated rings. The van der Waals surface area contributed by atoms with Gasteiger partial charge in [-0.1, -0.05) is 40.5 Å². The van der Waals surface area contributed by atoms with Gasteiger partial charge in [-0.15, -0.1) is 6.42 Å². The number of nitrogens with one attached hydrogen (secondary N) is 1. The molecule has 74 valence electrons. The van der Waals surface area contributed by atoms with Crippen molar-refractivity contribution >= 4 is 0 Å². The molecule has 1 saturated carbocycles. The molecule has 0 spiro atoms. The minimum Gasteiger partial charge on any atom is -0.304 e. The summed E-state index contributed by atoms with van der Waals surface area (Å²) in [5.41, 5.74) is 0.762. The van der Waals surface area contributed by atoms with Crippen LogP contribution in [-0.2, 0) is 0 Å². The maximum absolute atomic E-state index is 5.53. The fourth-order valence-corrected chi connectivity index (χ4v) is 2.57.